The molecule has 0 bridgehead atoms. The number of benzene rings is 2. The molecule has 0 fully saturated rings. The van der Waals surface area contributed by atoms with Crippen molar-refractivity contribution in [1.82, 2.24) is 10.2 Å². The van der Waals surface area contributed by atoms with Crippen LogP contribution in [0.4, 0.5) is 5.69 Å². The number of anilines is 1. The van der Waals surface area contributed by atoms with Crippen LogP contribution >= 0.6 is 34.8 Å². The second-order valence-electron chi connectivity index (χ2n) is 9.60. The Morgan fingerprint density at radius 1 is 1.00 bits per heavy atom. The summed E-state index contributed by atoms with van der Waals surface area (Å²) in [6, 6.07) is 10.8. The molecule has 1 N–H and O–H groups in total. The predicted molar refractivity (Wildman–Crippen MR) is 147 cm³/mol. The summed E-state index contributed by atoms with van der Waals surface area (Å²) in [7, 11) is -3.69. The van der Waals surface area contributed by atoms with Gasteiger partial charge < -0.3 is 10.2 Å². The van der Waals surface area contributed by atoms with Gasteiger partial charge in [-0.05, 0) is 70.0 Å². The molecule has 0 spiro atoms. The summed E-state index contributed by atoms with van der Waals surface area (Å²) in [5.74, 6) is -0.569. The first-order valence-corrected chi connectivity index (χ1v) is 14.4. The van der Waals surface area contributed by atoms with Gasteiger partial charge in [-0.15, -0.1) is 0 Å². The number of hydrogen-bond donors (Lipinski definition) is 1. The van der Waals surface area contributed by atoms with E-state index < -0.39 is 21.6 Å². The van der Waals surface area contributed by atoms with Crippen molar-refractivity contribution in [3.8, 4) is 0 Å². The molecule has 0 aliphatic heterocycles. The number of amides is 2. The first kappa shape index (κ1) is 30.2. The first-order chi connectivity index (χ1) is 16.6. The minimum atomic E-state index is -3.69. The van der Waals surface area contributed by atoms with Gasteiger partial charge in [-0.25, -0.2) is 8.42 Å². The Morgan fingerprint density at radius 2 is 1.58 bits per heavy atom. The molecule has 1 atom stereocenters. The van der Waals surface area contributed by atoms with E-state index in [1.807, 2.05) is 20.8 Å². The largest absolute Gasteiger partial charge is 0.350 e. The van der Waals surface area contributed by atoms with E-state index in [-0.39, 0.29) is 48.5 Å². The van der Waals surface area contributed by atoms with Crippen molar-refractivity contribution in [2.24, 2.45) is 0 Å². The molecule has 2 rings (SSSR count). The van der Waals surface area contributed by atoms with Crippen LogP contribution in [-0.4, -0.2) is 49.5 Å². The average Bonchev–Trinajstić information content (AvgIpc) is 2.75. The SMILES string of the molecule is CC(C(=O)NC(C)(C)C)N(Cc1ccc(Cl)cc1)C(=O)CCCN(c1cc(Cl)ccc1Cl)S(C)(=O)=O. The van der Waals surface area contributed by atoms with Crippen LogP contribution in [0.1, 0.15) is 46.1 Å². The van der Waals surface area contributed by atoms with Crippen molar-refractivity contribution < 1.29 is 18.0 Å². The Kier molecular flexibility index (Phi) is 10.5. The summed E-state index contributed by atoms with van der Waals surface area (Å²) in [6.45, 7) is 7.48. The van der Waals surface area contributed by atoms with E-state index in [2.05, 4.69) is 5.32 Å². The molecule has 0 saturated carbocycles. The summed E-state index contributed by atoms with van der Waals surface area (Å²) in [6.07, 6.45) is 1.29. The third-order valence-corrected chi connectivity index (χ3v) is 7.25. The second-order valence-corrected chi connectivity index (χ2v) is 12.8. The zero-order valence-electron chi connectivity index (χ0n) is 21.0. The zero-order valence-corrected chi connectivity index (χ0v) is 24.1. The number of carbonyl (C=O) groups is 2. The molecule has 0 aliphatic rings. The monoisotopic (exact) mass is 575 g/mol. The van der Waals surface area contributed by atoms with E-state index in [0.717, 1.165) is 16.1 Å². The van der Waals surface area contributed by atoms with Gasteiger partial charge in [0.25, 0.3) is 0 Å². The third kappa shape index (κ3) is 9.14. The summed E-state index contributed by atoms with van der Waals surface area (Å²) in [4.78, 5) is 27.7. The van der Waals surface area contributed by atoms with Gasteiger partial charge in [0.2, 0.25) is 21.8 Å². The quantitative estimate of drug-likeness (QED) is 0.403. The van der Waals surface area contributed by atoms with E-state index in [1.165, 1.54) is 17.0 Å². The number of nitrogens with one attached hydrogen (secondary N) is 1. The smallest absolute Gasteiger partial charge is 0.242 e. The van der Waals surface area contributed by atoms with Gasteiger partial charge in [0.15, 0.2) is 0 Å². The van der Waals surface area contributed by atoms with E-state index in [0.29, 0.717) is 10.0 Å². The van der Waals surface area contributed by atoms with Crippen LogP contribution in [0.2, 0.25) is 15.1 Å². The van der Waals surface area contributed by atoms with Crippen LogP contribution in [0.25, 0.3) is 0 Å². The van der Waals surface area contributed by atoms with Gasteiger partial charge >= 0.3 is 0 Å². The van der Waals surface area contributed by atoms with Crippen LogP contribution in [0.15, 0.2) is 42.5 Å². The summed E-state index contributed by atoms with van der Waals surface area (Å²) in [5, 5.41) is 4.04. The van der Waals surface area contributed by atoms with Gasteiger partial charge in [0, 0.05) is 35.1 Å². The van der Waals surface area contributed by atoms with Crippen LogP contribution in [0, 0.1) is 0 Å². The number of rotatable bonds is 10. The molecule has 36 heavy (non-hydrogen) atoms. The molecule has 11 heteroatoms. The Balaban J connectivity index is 2.22. The fraction of sp³-hybridized carbons (Fsp3) is 0.440. The maximum absolute atomic E-state index is 13.3. The number of halogens is 3. The standard InChI is InChI=1S/C25H32Cl3N3O4S/c1-17(24(33)29-25(2,3)4)30(16-18-8-10-19(26)11-9-18)23(32)7-6-14-31(36(5,34)35)22-15-20(27)12-13-21(22)28/h8-13,15,17H,6-7,14,16H2,1-5H3,(H,29,33). The van der Waals surface area contributed by atoms with Gasteiger partial charge in [-0.3, -0.25) is 13.9 Å². The minimum Gasteiger partial charge on any atom is -0.350 e. The number of nitrogens with zero attached hydrogens (tertiary/aromatic N) is 2. The molecule has 0 aromatic heterocycles. The predicted octanol–water partition coefficient (Wildman–Crippen LogP) is 5.53. The fourth-order valence-electron chi connectivity index (χ4n) is 3.50. The van der Waals surface area contributed by atoms with Crippen molar-refractivity contribution in [1.29, 1.82) is 0 Å². The Labute approximate surface area is 228 Å². The highest BCUT2D eigenvalue weighted by atomic mass is 35.5. The zero-order chi connectivity index (χ0) is 27.3. The number of sulfonamides is 1. The van der Waals surface area contributed by atoms with Crippen molar-refractivity contribution in [2.45, 2.75) is 58.7 Å². The van der Waals surface area contributed by atoms with Crippen LogP contribution in [0.3, 0.4) is 0 Å². The molecule has 1 unspecified atom stereocenters. The van der Waals surface area contributed by atoms with Crippen LogP contribution in [0.5, 0.6) is 0 Å². The van der Waals surface area contributed by atoms with E-state index in [4.69, 9.17) is 34.8 Å². The highest BCUT2D eigenvalue weighted by molar-refractivity contribution is 7.92. The van der Waals surface area contributed by atoms with Crippen molar-refractivity contribution in [3.63, 3.8) is 0 Å². The topological polar surface area (TPSA) is 86.8 Å². The molecule has 0 radical (unpaired) electrons. The van der Waals surface area contributed by atoms with Crippen LogP contribution < -0.4 is 9.62 Å². The van der Waals surface area contributed by atoms with E-state index >= 15 is 0 Å². The Bertz CT molecular complexity index is 1180. The molecule has 2 aromatic rings. The highest BCUT2D eigenvalue weighted by Gasteiger charge is 2.29. The molecule has 0 saturated heterocycles. The molecule has 0 aliphatic carbocycles. The van der Waals surface area contributed by atoms with Gasteiger partial charge in [-0.2, -0.15) is 0 Å². The fourth-order valence-corrected chi connectivity index (χ4v) is 5.03. The molecule has 0 heterocycles. The molecular weight excluding hydrogens is 545 g/mol. The summed E-state index contributed by atoms with van der Waals surface area (Å²) >= 11 is 18.3. The lowest BCUT2D eigenvalue weighted by Gasteiger charge is -2.32. The molecule has 7 nitrogen and oxygen atoms in total. The number of carbonyl (C=O) groups excluding carboxylic acids is 2. The van der Waals surface area contributed by atoms with Gasteiger partial charge in [0.1, 0.15) is 6.04 Å². The van der Waals surface area contributed by atoms with Gasteiger partial charge in [0.05, 0.1) is 17.0 Å². The van der Waals surface area contributed by atoms with E-state index in [9.17, 15) is 18.0 Å². The average molecular weight is 577 g/mol. The second kappa shape index (κ2) is 12.5. The van der Waals surface area contributed by atoms with Gasteiger partial charge in [-0.1, -0.05) is 46.9 Å². The van der Waals surface area contributed by atoms with Crippen molar-refractivity contribution in [2.75, 3.05) is 17.1 Å². The maximum atomic E-state index is 13.3. The Morgan fingerprint density at radius 3 is 2.14 bits per heavy atom. The number of hydrogen-bond acceptors (Lipinski definition) is 4. The Hall–Kier alpha value is -2.00. The summed E-state index contributed by atoms with van der Waals surface area (Å²) < 4.78 is 26.1. The van der Waals surface area contributed by atoms with E-state index in [1.54, 1.807) is 37.3 Å². The van der Waals surface area contributed by atoms with Crippen LogP contribution in [-0.2, 0) is 26.2 Å². The molecule has 198 valence electrons. The lowest BCUT2D eigenvalue weighted by molar-refractivity contribution is -0.141. The minimum absolute atomic E-state index is 0.0159. The summed E-state index contributed by atoms with van der Waals surface area (Å²) in [5.41, 5.74) is 0.591. The lowest BCUT2D eigenvalue weighted by Crippen LogP contribution is -2.52. The molecule has 2 aromatic carbocycles. The van der Waals surface area contributed by atoms with Crippen molar-refractivity contribution >= 4 is 62.3 Å². The molecular formula is C25H32Cl3N3O4S. The first-order valence-electron chi connectivity index (χ1n) is 11.4. The highest BCUT2D eigenvalue weighted by Crippen LogP contribution is 2.31. The molecule has 2 amide bonds. The van der Waals surface area contributed by atoms with Crippen molar-refractivity contribution in [3.05, 3.63) is 63.1 Å². The maximum Gasteiger partial charge on any atom is 0.242 e. The third-order valence-electron chi connectivity index (χ3n) is 5.26. The normalized spacial score (nSPS) is 12.7. The lowest BCUT2D eigenvalue weighted by atomic mass is 10.1.